The molecule has 1 fully saturated rings. The number of benzene rings is 1. The van der Waals surface area contributed by atoms with E-state index < -0.39 is 0 Å². The molecular formula is C21H32IN5OS. The molecule has 0 spiro atoms. The third kappa shape index (κ3) is 6.82. The van der Waals surface area contributed by atoms with Crippen molar-refractivity contribution in [3.8, 4) is 5.75 Å². The number of thiazole rings is 1. The Morgan fingerprint density at radius 2 is 1.97 bits per heavy atom. The topological polar surface area (TPSA) is 61.8 Å². The predicted octanol–water partition coefficient (Wildman–Crippen LogP) is 3.83. The fourth-order valence-electron chi connectivity index (χ4n) is 3.50. The average molecular weight is 529 g/mol. The summed E-state index contributed by atoms with van der Waals surface area (Å²) in [6.45, 7) is 5.95. The highest BCUT2D eigenvalue weighted by Crippen LogP contribution is 2.26. The highest BCUT2D eigenvalue weighted by Gasteiger charge is 2.23. The lowest BCUT2D eigenvalue weighted by molar-refractivity contribution is 0.245. The van der Waals surface area contributed by atoms with Crippen molar-refractivity contribution in [2.45, 2.75) is 38.8 Å². The number of hydrogen-bond acceptors (Lipinski definition) is 5. The Morgan fingerprint density at radius 1 is 1.24 bits per heavy atom. The van der Waals surface area contributed by atoms with Crippen molar-refractivity contribution in [2.75, 3.05) is 33.8 Å². The van der Waals surface area contributed by atoms with Crippen molar-refractivity contribution in [1.29, 1.82) is 0 Å². The van der Waals surface area contributed by atoms with Gasteiger partial charge in [0, 0.05) is 24.7 Å². The normalized spacial score (nSPS) is 15.6. The first-order valence-corrected chi connectivity index (χ1v) is 10.8. The minimum atomic E-state index is 0. The summed E-state index contributed by atoms with van der Waals surface area (Å²) in [6.07, 6.45) is 5.53. The van der Waals surface area contributed by atoms with Crippen LogP contribution in [0.3, 0.4) is 0 Å². The third-order valence-corrected chi connectivity index (χ3v) is 6.27. The smallest absolute Gasteiger partial charge is 0.191 e. The Kier molecular flexibility index (Phi) is 10.2. The molecule has 29 heavy (non-hydrogen) atoms. The van der Waals surface area contributed by atoms with Crippen molar-refractivity contribution in [3.63, 3.8) is 0 Å². The summed E-state index contributed by atoms with van der Waals surface area (Å²) in [5.41, 5.74) is 1.30. The van der Waals surface area contributed by atoms with E-state index >= 15 is 0 Å². The van der Waals surface area contributed by atoms with E-state index in [1.54, 1.807) is 18.4 Å². The van der Waals surface area contributed by atoms with Gasteiger partial charge < -0.3 is 15.4 Å². The Balaban J connectivity index is 0.00000300. The van der Waals surface area contributed by atoms with E-state index in [1.165, 1.54) is 23.3 Å². The number of ether oxygens (including phenoxy) is 1. The molecule has 1 aliphatic heterocycles. The highest BCUT2D eigenvalue weighted by molar-refractivity contribution is 14.0. The number of rotatable bonds is 8. The SMILES string of the molecule is CCc1cnc(CNC(=NC)NCC(c2ccc(OC)cc2)N2CCCC2)s1.I. The van der Waals surface area contributed by atoms with Crippen molar-refractivity contribution in [3.05, 3.63) is 45.9 Å². The first-order valence-electron chi connectivity index (χ1n) is 9.99. The van der Waals surface area contributed by atoms with Crippen LogP contribution < -0.4 is 15.4 Å². The molecule has 160 valence electrons. The van der Waals surface area contributed by atoms with E-state index in [2.05, 4.69) is 44.6 Å². The van der Waals surface area contributed by atoms with Crippen molar-refractivity contribution >= 4 is 41.3 Å². The fraction of sp³-hybridized carbons (Fsp3) is 0.524. The van der Waals surface area contributed by atoms with Crippen molar-refractivity contribution in [2.24, 2.45) is 4.99 Å². The van der Waals surface area contributed by atoms with Crippen LogP contribution in [0.5, 0.6) is 5.75 Å². The van der Waals surface area contributed by atoms with E-state index in [0.29, 0.717) is 12.6 Å². The van der Waals surface area contributed by atoms with Gasteiger partial charge in [-0.15, -0.1) is 35.3 Å². The number of halogens is 1. The summed E-state index contributed by atoms with van der Waals surface area (Å²) in [4.78, 5) is 12.7. The molecule has 8 heteroatoms. The van der Waals surface area contributed by atoms with Gasteiger partial charge >= 0.3 is 0 Å². The molecule has 2 heterocycles. The third-order valence-electron chi connectivity index (χ3n) is 5.13. The maximum Gasteiger partial charge on any atom is 0.191 e. The minimum absolute atomic E-state index is 0. The summed E-state index contributed by atoms with van der Waals surface area (Å²) >= 11 is 1.75. The van der Waals surface area contributed by atoms with Crippen LogP contribution in [-0.2, 0) is 13.0 Å². The maximum atomic E-state index is 5.31. The quantitative estimate of drug-likeness (QED) is 0.309. The molecule has 1 atom stereocenters. The van der Waals surface area contributed by atoms with Gasteiger partial charge in [-0.05, 0) is 50.0 Å². The lowest BCUT2D eigenvalue weighted by Crippen LogP contribution is -2.42. The molecule has 1 aromatic heterocycles. The molecule has 0 saturated carbocycles. The second kappa shape index (κ2) is 12.3. The molecule has 1 unspecified atom stereocenters. The number of hydrogen-bond donors (Lipinski definition) is 2. The second-order valence-electron chi connectivity index (χ2n) is 6.91. The number of aryl methyl sites for hydroxylation is 1. The number of aliphatic imine (C=N–C) groups is 1. The Labute approximate surface area is 195 Å². The molecule has 0 amide bonds. The molecule has 1 aromatic carbocycles. The van der Waals surface area contributed by atoms with E-state index in [9.17, 15) is 0 Å². The van der Waals surface area contributed by atoms with Crippen LogP contribution in [0.2, 0.25) is 0 Å². The monoisotopic (exact) mass is 529 g/mol. The zero-order valence-corrected chi connectivity index (χ0v) is 20.6. The zero-order chi connectivity index (χ0) is 19.8. The van der Waals surface area contributed by atoms with Crippen LogP contribution in [0.4, 0.5) is 0 Å². The molecular weight excluding hydrogens is 497 g/mol. The molecule has 2 N–H and O–H groups in total. The van der Waals surface area contributed by atoms with Gasteiger partial charge in [-0.3, -0.25) is 9.89 Å². The maximum absolute atomic E-state index is 5.31. The van der Waals surface area contributed by atoms with Gasteiger partial charge in [-0.1, -0.05) is 19.1 Å². The van der Waals surface area contributed by atoms with E-state index in [1.807, 2.05) is 25.4 Å². The number of methoxy groups -OCH3 is 1. The number of nitrogens with one attached hydrogen (secondary N) is 2. The molecule has 0 bridgehead atoms. The van der Waals surface area contributed by atoms with Crippen LogP contribution in [0.1, 0.15) is 41.3 Å². The van der Waals surface area contributed by atoms with Crippen LogP contribution in [-0.4, -0.2) is 49.6 Å². The van der Waals surface area contributed by atoms with Crippen LogP contribution in [0, 0.1) is 0 Å². The van der Waals surface area contributed by atoms with Gasteiger partial charge in [0.1, 0.15) is 10.8 Å². The molecule has 6 nitrogen and oxygen atoms in total. The Morgan fingerprint density at radius 3 is 2.55 bits per heavy atom. The van der Waals surface area contributed by atoms with Crippen LogP contribution >= 0.6 is 35.3 Å². The Hall–Kier alpha value is -1.39. The second-order valence-corrected chi connectivity index (χ2v) is 8.11. The molecule has 1 aliphatic rings. The summed E-state index contributed by atoms with van der Waals surface area (Å²) in [6, 6.07) is 8.74. The van der Waals surface area contributed by atoms with E-state index in [-0.39, 0.29) is 24.0 Å². The van der Waals surface area contributed by atoms with Gasteiger partial charge in [0.05, 0.1) is 19.7 Å². The first-order chi connectivity index (χ1) is 13.7. The average Bonchev–Trinajstić information content (AvgIpc) is 3.43. The van der Waals surface area contributed by atoms with Gasteiger partial charge in [0.2, 0.25) is 0 Å². The van der Waals surface area contributed by atoms with Gasteiger partial charge in [-0.2, -0.15) is 0 Å². The van der Waals surface area contributed by atoms with Gasteiger partial charge in [-0.25, -0.2) is 4.98 Å². The number of likely N-dealkylation sites (tertiary alicyclic amines) is 1. The van der Waals surface area contributed by atoms with Gasteiger partial charge in [0.15, 0.2) is 5.96 Å². The van der Waals surface area contributed by atoms with Crippen LogP contribution in [0.15, 0.2) is 35.5 Å². The van der Waals surface area contributed by atoms with Crippen molar-refractivity contribution < 1.29 is 4.74 Å². The minimum Gasteiger partial charge on any atom is -0.497 e. The summed E-state index contributed by atoms with van der Waals surface area (Å²) in [7, 11) is 3.52. The van der Waals surface area contributed by atoms with E-state index in [4.69, 9.17) is 4.74 Å². The molecule has 1 saturated heterocycles. The van der Waals surface area contributed by atoms with Crippen molar-refractivity contribution in [1.82, 2.24) is 20.5 Å². The predicted molar refractivity (Wildman–Crippen MR) is 132 cm³/mol. The largest absolute Gasteiger partial charge is 0.497 e. The lowest BCUT2D eigenvalue weighted by Gasteiger charge is -2.29. The van der Waals surface area contributed by atoms with Gasteiger partial charge in [0.25, 0.3) is 0 Å². The Bertz CT molecular complexity index is 759. The molecule has 3 rings (SSSR count). The summed E-state index contributed by atoms with van der Waals surface area (Å²) in [5.74, 6) is 1.70. The number of aromatic nitrogens is 1. The fourth-order valence-corrected chi connectivity index (χ4v) is 4.31. The van der Waals surface area contributed by atoms with E-state index in [0.717, 1.165) is 42.8 Å². The summed E-state index contributed by atoms with van der Waals surface area (Å²) < 4.78 is 5.31. The summed E-state index contributed by atoms with van der Waals surface area (Å²) in [5, 5.41) is 7.98. The zero-order valence-electron chi connectivity index (χ0n) is 17.5. The molecule has 2 aromatic rings. The van der Waals surface area contributed by atoms with Crippen LogP contribution in [0.25, 0.3) is 0 Å². The lowest BCUT2D eigenvalue weighted by atomic mass is 10.1. The standard InChI is InChI=1S/C21H31N5OS.HI/c1-4-18-13-23-20(28-18)15-25-21(22-2)24-14-19(26-11-5-6-12-26)16-7-9-17(27-3)10-8-16;/h7-10,13,19H,4-6,11-12,14-15H2,1-3H3,(H2,22,24,25);1H. The molecule has 0 aliphatic carbocycles. The molecule has 0 radical (unpaired) electrons. The first kappa shape index (κ1) is 23.9. The number of guanidine groups is 1. The number of nitrogens with zero attached hydrogens (tertiary/aromatic N) is 3. The highest BCUT2D eigenvalue weighted by atomic mass is 127.